The van der Waals surface area contributed by atoms with Crippen LogP contribution in [0.5, 0.6) is 0 Å². The van der Waals surface area contributed by atoms with Crippen molar-refractivity contribution in [2.24, 2.45) is 0 Å². The smallest absolute Gasteiger partial charge is 0.404 e. The molecule has 0 unspecified atom stereocenters. The standard InChI is InChI=1S/C14H11F5N4O2S/c15-26(16,17,18,19)10-5-3-9(4-6-10)23-13-11(2-1-7-20-13)12(22-23)8-21-14(24)25/h1-7,21H,8H2,(H,24,25). The molecule has 3 rings (SSSR count). The minimum Gasteiger partial charge on any atom is -0.465 e. The zero-order valence-corrected chi connectivity index (χ0v) is 13.6. The number of nitrogens with one attached hydrogen (secondary N) is 1. The number of halogens is 5. The number of amides is 1. The number of fused-ring (bicyclic) bond motifs is 1. The fourth-order valence-corrected chi connectivity index (χ4v) is 2.98. The summed E-state index contributed by atoms with van der Waals surface area (Å²) < 4.78 is 65.2. The van der Waals surface area contributed by atoms with E-state index in [1.165, 1.54) is 6.20 Å². The second-order valence-corrected chi connectivity index (χ2v) is 7.76. The van der Waals surface area contributed by atoms with Gasteiger partial charge in [0.15, 0.2) is 5.65 Å². The zero-order chi connectivity index (χ0) is 19.2. The van der Waals surface area contributed by atoms with Crippen molar-refractivity contribution in [2.45, 2.75) is 11.4 Å². The third-order valence-electron chi connectivity index (χ3n) is 3.45. The lowest BCUT2D eigenvalue weighted by atomic mass is 10.2. The van der Waals surface area contributed by atoms with Gasteiger partial charge in [0.25, 0.3) is 0 Å². The van der Waals surface area contributed by atoms with Crippen molar-refractivity contribution in [3.05, 3.63) is 48.3 Å². The molecule has 0 aliphatic heterocycles. The minimum atomic E-state index is -9.76. The second-order valence-electron chi connectivity index (χ2n) is 5.35. The molecule has 2 aromatic heterocycles. The molecule has 0 saturated carbocycles. The van der Waals surface area contributed by atoms with E-state index in [1.807, 2.05) is 0 Å². The van der Waals surface area contributed by atoms with Gasteiger partial charge in [-0.05, 0) is 36.4 Å². The first-order valence-electron chi connectivity index (χ1n) is 6.99. The van der Waals surface area contributed by atoms with Crippen LogP contribution >= 0.6 is 10.2 Å². The lowest BCUT2D eigenvalue weighted by molar-refractivity contribution is 0.194. The highest BCUT2D eigenvalue weighted by Crippen LogP contribution is 3.02. The van der Waals surface area contributed by atoms with Gasteiger partial charge < -0.3 is 10.4 Å². The molecular weight excluding hydrogens is 383 g/mol. The second kappa shape index (κ2) is 5.06. The summed E-state index contributed by atoms with van der Waals surface area (Å²) in [4.78, 5) is 12.7. The fraction of sp³-hybridized carbons (Fsp3) is 0.0714. The molecule has 1 aromatic carbocycles. The van der Waals surface area contributed by atoms with Gasteiger partial charge in [0.1, 0.15) is 4.90 Å². The van der Waals surface area contributed by atoms with Crippen LogP contribution in [0.1, 0.15) is 5.69 Å². The Kier molecular flexibility index (Phi) is 3.49. The maximum Gasteiger partial charge on any atom is 0.404 e. The van der Waals surface area contributed by atoms with E-state index in [0.717, 1.165) is 16.8 Å². The lowest BCUT2D eigenvalue weighted by Crippen LogP contribution is -2.20. The van der Waals surface area contributed by atoms with E-state index in [0.29, 0.717) is 5.39 Å². The van der Waals surface area contributed by atoms with Gasteiger partial charge in [0.05, 0.1) is 17.9 Å². The van der Waals surface area contributed by atoms with Gasteiger partial charge in [0, 0.05) is 11.6 Å². The lowest BCUT2D eigenvalue weighted by Gasteiger charge is -2.40. The van der Waals surface area contributed by atoms with Crippen molar-refractivity contribution in [3.8, 4) is 5.69 Å². The predicted molar refractivity (Wildman–Crippen MR) is 85.1 cm³/mol. The van der Waals surface area contributed by atoms with Crippen LogP contribution < -0.4 is 5.32 Å². The summed E-state index contributed by atoms with van der Waals surface area (Å²) in [5.74, 6) is 0. The molecule has 2 N–H and O–H groups in total. The number of rotatable bonds is 4. The number of aromatic nitrogens is 3. The SMILES string of the molecule is O=C(O)NCc1nn(-c2ccc(S(F)(F)(F)(F)F)cc2)c2ncccc12. The Morgan fingerprint density at radius 1 is 1.12 bits per heavy atom. The topological polar surface area (TPSA) is 80.0 Å². The van der Waals surface area contributed by atoms with E-state index in [9.17, 15) is 24.2 Å². The largest absolute Gasteiger partial charge is 0.465 e. The summed E-state index contributed by atoms with van der Waals surface area (Å²) in [6, 6.07) is 5.44. The number of pyridine rings is 1. The Morgan fingerprint density at radius 2 is 1.77 bits per heavy atom. The molecule has 0 aliphatic carbocycles. The van der Waals surface area contributed by atoms with Crippen LogP contribution in [-0.2, 0) is 6.54 Å². The number of hydrogen-bond donors (Lipinski definition) is 2. The van der Waals surface area contributed by atoms with Crippen LogP contribution in [0.15, 0.2) is 47.5 Å². The Hall–Kier alpha value is -2.89. The maximum absolute atomic E-state index is 12.8. The van der Waals surface area contributed by atoms with E-state index < -0.39 is 21.2 Å². The fourth-order valence-electron chi connectivity index (χ4n) is 2.33. The van der Waals surface area contributed by atoms with Crippen molar-refractivity contribution < 1.29 is 29.3 Å². The summed E-state index contributed by atoms with van der Waals surface area (Å²) in [6.45, 7) is -0.159. The van der Waals surface area contributed by atoms with Gasteiger partial charge in [-0.1, -0.05) is 19.4 Å². The van der Waals surface area contributed by atoms with Gasteiger partial charge in [-0.25, -0.2) is 14.5 Å². The number of carbonyl (C=O) groups is 1. The van der Waals surface area contributed by atoms with Crippen molar-refractivity contribution in [1.82, 2.24) is 20.1 Å². The van der Waals surface area contributed by atoms with Crippen LogP contribution in [0, 0.1) is 0 Å². The van der Waals surface area contributed by atoms with Gasteiger partial charge in [-0.15, -0.1) is 0 Å². The molecule has 2 heterocycles. The third kappa shape index (κ3) is 3.54. The molecule has 0 radical (unpaired) electrons. The highest BCUT2D eigenvalue weighted by atomic mass is 32.5. The first-order chi connectivity index (χ1) is 11.8. The molecule has 6 nitrogen and oxygen atoms in total. The molecule has 3 aromatic rings. The molecule has 12 heteroatoms. The highest BCUT2D eigenvalue weighted by molar-refractivity contribution is 8.45. The molecule has 0 bridgehead atoms. The molecule has 140 valence electrons. The molecule has 0 fully saturated rings. The van der Waals surface area contributed by atoms with Crippen LogP contribution in [0.3, 0.4) is 0 Å². The van der Waals surface area contributed by atoms with Crippen LogP contribution in [0.4, 0.5) is 24.2 Å². The summed E-state index contributed by atoms with van der Waals surface area (Å²) in [5, 5.41) is 15.4. The Bertz CT molecular complexity index is 1000. The summed E-state index contributed by atoms with van der Waals surface area (Å²) in [6.07, 6.45) is 0.134. The number of benzene rings is 1. The predicted octanol–water partition coefficient (Wildman–Crippen LogP) is 4.85. The molecule has 26 heavy (non-hydrogen) atoms. The third-order valence-corrected chi connectivity index (χ3v) is 4.62. The first-order valence-corrected chi connectivity index (χ1v) is 8.94. The van der Waals surface area contributed by atoms with E-state index >= 15 is 0 Å². The Morgan fingerprint density at radius 3 is 2.35 bits per heavy atom. The average Bonchev–Trinajstić information content (AvgIpc) is 2.90. The van der Waals surface area contributed by atoms with Crippen molar-refractivity contribution in [1.29, 1.82) is 0 Å². The molecule has 0 atom stereocenters. The summed E-state index contributed by atoms with van der Waals surface area (Å²) in [5.41, 5.74) is 0.600. The highest BCUT2D eigenvalue weighted by Gasteiger charge is 2.65. The number of hydrogen-bond acceptors (Lipinski definition) is 3. The maximum atomic E-state index is 12.8. The molecule has 0 aliphatic rings. The van der Waals surface area contributed by atoms with Gasteiger partial charge in [-0.3, -0.25) is 0 Å². The summed E-state index contributed by atoms with van der Waals surface area (Å²) >= 11 is 0. The van der Waals surface area contributed by atoms with Crippen molar-refractivity contribution in [2.75, 3.05) is 0 Å². The molecular formula is C14H11F5N4O2S. The molecule has 0 spiro atoms. The Labute approximate surface area is 143 Å². The zero-order valence-electron chi connectivity index (χ0n) is 12.7. The van der Waals surface area contributed by atoms with E-state index in [-0.39, 0.29) is 35.7 Å². The van der Waals surface area contributed by atoms with Crippen LogP contribution in [-0.4, -0.2) is 26.0 Å². The van der Waals surface area contributed by atoms with Gasteiger partial charge in [-0.2, -0.15) is 5.10 Å². The molecule has 1 amide bonds. The van der Waals surface area contributed by atoms with E-state index in [1.54, 1.807) is 12.1 Å². The number of carboxylic acid groups (broad SMARTS) is 1. The molecule has 0 saturated heterocycles. The van der Waals surface area contributed by atoms with Crippen LogP contribution in [0.25, 0.3) is 16.7 Å². The number of nitrogens with zero attached hydrogens (tertiary/aromatic N) is 3. The van der Waals surface area contributed by atoms with Gasteiger partial charge in [0.2, 0.25) is 0 Å². The van der Waals surface area contributed by atoms with Crippen molar-refractivity contribution in [3.63, 3.8) is 0 Å². The quantitative estimate of drug-likeness (QED) is 0.621. The van der Waals surface area contributed by atoms with Crippen molar-refractivity contribution >= 4 is 27.4 Å². The first kappa shape index (κ1) is 17.9. The Balaban J connectivity index is 2.07. The van der Waals surface area contributed by atoms with Gasteiger partial charge >= 0.3 is 16.3 Å². The summed E-state index contributed by atoms with van der Waals surface area (Å²) in [7, 11) is -9.76. The minimum absolute atomic E-state index is 0.0703. The normalized spacial score (nSPS) is 14.7. The van der Waals surface area contributed by atoms with E-state index in [2.05, 4.69) is 15.4 Å². The van der Waals surface area contributed by atoms with Crippen LogP contribution in [0.2, 0.25) is 0 Å². The van der Waals surface area contributed by atoms with E-state index in [4.69, 9.17) is 5.11 Å². The average molecular weight is 394 g/mol. The monoisotopic (exact) mass is 394 g/mol.